The highest BCUT2D eigenvalue weighted by molar-refractivity contribution is 6.34. The van der Waals surface area contributed by atoms with E-state index in [1.807, 2.05) is 19.9 Å². The van der Waals surface area contributed by atoms with Gasteiger partial charge >= 0.3 is 0 Å². The van der Waals surface area contributed by atoms with Crippen molar-refractivity contribution >= 4 is 29.1 Å². The molecule has 5 nitrogen and oxygen atoms in total. The van der Waals surface area contributed by atoms with Crippen LogP contribution < -0.4 is 10.6 Å². The summed E-state index contributed by atoms with van der Waals surface area (Å²) < 4.78 is 0. The molecule has 0 radical (unpaired) electrons. The third-order valence-electron chi connectivity index (χ3n) is 3.03. The van der Waals surface area contributed by atoms with Crippen LogP contribution in [0.5, 0.6) is 0 Å². The van der Waals surface area contributed by atoms with Crippen LogP contribution in [-0.2, 0) is 4.79 Å². The number of carbonyl (C=O) groups excluding carboxylic acids is 2. The van der Waals surface area contributed by atoms with Gasteiger partial charge in [-0.2, -0.15) is 0 Å². The van der Waals surface area contributed by atoms with Gasteiger partial charge < -0.3 is 10.6 Å². The van der Waals surface area contributed by atoms with Gasteiger partial charge in [-0.25, -0.2) is 0 Å². The van der Waals surface area contributed by atoms with Crippen molar-refractivity contribution in [2.24, 2.45) is 0 Å². The van der Waals surface area contributed by atoms with Crippen molar-refractivity contribution in [2.75, 3.05) is 11.9 Å². The number of hydrogen-bond donors (Lipinski definition) is 2. The third kappa shape index (κ3) is 4.05. The molecule has 1 heterocycles. The van der Waals surface area contributed by atoms with Gasteiger partial charge in [0.2, 0.25) is 5.91 Å². The van der Waals surface area contributed by atoms with E-state index < -0.39 is 0 Å². The summed E-state index contributed by atoms with van der Waals surface area (Å²) in [5.74, 6) is -0.693. The van der Waals surface area contributed by atoms with Gasteiger partial charge in [0.15, 0.2) is 0 Å². The number of halogens is 1. The number of nitrogens with one attached hydrogen (secondary N) is 2. The Morgan fingerprint density at radius 1 is 1.27 bits per heavy atom. The summed E-state index contributed by atoms with van der Waals surface area (Å²) in [6.45, 7) is 3.65. The Hall–Kier alpha value is -2.40. The normalized spacial score (nSPS) is 10.1. The van der Waals surface area contributed by atoms with Crippen molar-refractivity contribution in [1.29, 1.82) is 0 Å². The Morgan fingerprint density at radius 2 is 2.05 bits per heavy atom. The summed E-state index contributed by atoms with van der Waals surface area (Å²) in [6.07, 6.45) is 3.01. The highest BCUT2D eigenvalue weighted by atomic mass is 35.5. The number of carbonyl (C=O) groups is 2. The average Bonchev–Trinajstić information content (AvgIpc) is 2.49. The quantitative estimate of drug-likeness (QED) is 0.910. The molecule has 0 unspecified atom stereocenters. The maximum atomic E-state index is 11.9. The van der Waals surface area contributed by atoms with Crippen molar-refractivity contribution in [3.63, 3.8) is 0 Å². The number of aromatic nitrogens is 1. The number of nitrogens with zero attached hydrogens (tertiary/aromatic N) is 1. The number of benzene rings is 1. The molecular weight excluding hydrogens is 302 g/mol. The van der Waals surface area contributed by atoms with E-state index in [2.05, 4.69) is 15.6 Å². The van der Waals surface area contributed by atoms with Crippen LogP contribution in [0.2, 0.25) is 5.02 Å². The van der Waals surface area contributed by atoms with Gasteiger partial charge in [-0.15, -0.1) is 0 Å². The van der Waals surface area contributed by atoms with Crippen molar-refractivity contribution in [2.45, 2.75) is 13.8 Å². The number of anilines is 1. The third-order valence-corrected chi connectivity index (χ3v) is 3.33. The molecule has 0 aliphatic carbocycles. The summed E-state index contributed by atoms with van der Waals surface area (Å²) in [7, 11) is 0. The average molecular weight is 318 g/mol. The van der Waals surface area contributed by atoms with Gasteiger partial charge in [0.05, 0.1) is 22.8 Å². The molecule has 2 aromatic rings. The second-order valence-corrected chi connectivity index (χ2v) is 5.32. The van der Waals surface area contributed by atoms with Crippen molar-refractivity contribution in [3.8, 4) is 0 Å². The van der Waals surface area contributed by atoms with Crippen LogP contribution in [0, 0.1) is 13.8 Å². The van der Waals surface area contributed by atoms with Crippen LogP contribution in [0.15, 0.2) is 36.7 Å². The Bertz CT molecular complexity index is 679. The van der Waals surface area contributed by atoms with Crippen LogP contribution >= 0.6 is 11.6 Å². The maximum Gasteiger partial charge on any atom is 0.253 e. The molecule has 0 atom stereocenters. The lowest BCUT2D eigenvalue weighted by molar-refractivity contribution is -0.115. The largest absolute Gasteiger partial charge is 0.343 e. The second-order valence-electron chi connectivity index (χ2n) is 4.91. The van der Waals surface area contributed by atoms with Gasteiger partial charge in [0, 0.05) is 12.4 Å². The number of rotatable bonds is 4. The van der Waals surface area contributed by atoms with Crippen LogP contribution in [-0.4, -0.2) is 23.3 Å². The van der Waals surface area contributed by atoms with Crippen LogP contribution in [0.25, 0.3) is 0 Å². The molecule has 22 heavy (non-hydrogen) atoms. The van der Waals surface area contributed by atoms with E-state index in [-0.39, 0.29) is 18.4 Å². The van der Waals surface area contributed by atoms with E-state index in [4.69, 9.17) is 11.6 Å². The molecule has 0 bridgehead atoms. The van der Waals surface area contributed by atoms with Crippen LogP contribution in [0.4, 0.5) is 5.69 Å². The molecule has 2 N–H and O–H groups in total. The zero-order chi connectivity index (χ0) is 16.1. The fourth-order valence-corrected chi connectivity index (χ4v) is 2.39. The molecule has 0 saturated heterocycles. The van der Waals surface area contributed by atoms with Crippen LogP contribution in [0.1, 0.15) is 21.5 Å². The minimum atomic E-state index is -0.352. The van der Waals surface area contributed by atoms with E-state index in [1.54, 1.807) is 24.4 Å². The molecule has 2 amide bonds. The molecule has 0 spiro atoms. The molecule has 0 aliphatic rings. The van der Waals surface area contributed by atoms with Crippen LogP contribution in [0.3, 0.4) is 0 Å². The monoisotopic (exact) mass is 317 g/mol. The minimum absolute atomic E-state index is 0.141. The molecule has 6 heteroatoms. The van der Waals surface area contributed by atoms with E-state index in [0.717, 1.165) is 11.1 Å². The highest BCUT2D eigenvalue weighted by Crippen LogP contribution is 2.27. The number of aryl methyl sites for hydroxylation is 2. The first kappa shape index (κ1) is 16.0. The number of hydrogen-bond acceptors (Lipinski definition) is 3. The van der Waals surface area contributed by atoms with Crippen molar-refractivity contribution in [3.05, 3.63) is 58.4 Å². The minimum Gasteiger partial charge on any atom is -0.343 e. The first-order valence-electron chi connectivity index (χ1n) is 6.72. The topological polar surface area (TPSA) is 71.1 Å². The van der Waals surface area contributed by atoms with E-state index >= 15 is 0 Å². The second kappa shape index (κ2) is 7.04. The van der Waals surface area contributed by atoms with Crippen molar-refractivity contribution in [1.82, 2.24) is 10.3 Å². The fourth-order valence-electron chi connectivity index (χ4n) is 2.02. The highest BCUT2D eigenvalue weighted by Gasteiger charge is 2.11. The lowest BCUT2D eigenvalue weighted by Gasteiger charge is -2.12. The lowest BCUT2D eigenvalue weighted by Crippen LogP contribution is -2.33. The molecule has 1 aromatic carbocycles. The number of amides is 2. The molecule has 0 fully saturated rings. The Kier molecular flexibility index (Phi) is 5.12. The smallest absolute Gasteiger partial charge is 0.253 e. The standard InChI is InChI=1S/C16H16ClN3O2/c1-10-6-11(2)15(13(17)7-10)20-14(21)9-19-16(22)12-4-3-5-18-8-12/h3-8H,9H2,1-2H3,(H,19,22)(H,20,21). The Labute approximate surface area is 133 Å². The SMILES string of the molecule is Cc1cc(C)c(NC(=O)CNC(=O)c2cccnc2)c(Cl)c1. The van der Waals surface area contributed by atoms with Gasteiger partial charge in [0.25, 0.3) is 5.91 Å². The summed E-state index contributed by atoms with van der Waals surface area (Å²) in [4.78, 5) is 27.6. The Balaban J connectivity index is 1.95. The zero-order valence-corrected chi connectivity index (χ0v) is 13.1. The summed E-state index contributed by atoms with van der Waals surface area (Å²) in [5, 5.41) is 5.72. The Morgan fingerprint density at radius 3 is 2.68 bits per heavy atom. The maximum absolute atomic E-state index is 11.9. The fraction of sp³-hybridized carbons (Fsp3) is 0.188. The van der Waals surface area contributed by atoms with E-state index in [9.17, 15) is 9.59 Å². The van der Waals surface area contributed by atoms with Gasteiger partial charge in [-0.05, 0) is 43.2 Å². The lowest BCUT2D eigenvalue weighted by atomic mass is 10.1. The first-order valence-corrected chi connectivity index (χ1v) is 7.10. The molecule has 1 aromatic heterocycles. The predicted molar refractivity (Wildman–Crippen MR) is 86.1 cm³/mol. The van der Waals surface area contributed by atoms with E-state index in [1.165, 1.54) is 6.20 Å². The molecule has 0 aliphatic heterocycles. The van der Waals surface area contributed by atoms with Gasteiger partial charge in [-0.1, -0.05) is 17.7 Å². The number of pyridine rings is 1. The summed E-state index contributed by atoms with van der Waals surface area (Å²) in [5.41, 5.74) is 2.86. The molecule has 114 valence electrons. The van der Waals surface area contributed by atoms with E-state index in [0.29, 0.717) is 16.3 Å². The summed E-state index contributed by atoms with van der Waals surface area (Å²) in [6, 6.07) is 6.99. The van der Waals surface area contributed by atoms with Crippen molar-refractivity contribution < 1.29 is 9.59 Å². The van der Waals surface area contributed by atoms with Gasteiger partial charge in [-0.3, -0.25) is 14.6 Å². The molecular formula is C16H16ClN3O2. The summed E-state index contributed by atoms with van der Waals surface area (Å²) >= 11 is 6.13. The predicted octanol–water partition coefficient (Wildman–Crippen LogP) is 2.72. The first-order chi connectivity index (χ1) is 10.5. The zero-order valence-electron chi connectivity index (χ0n) is 12.3. The molecule has 0 saturated carbocycles. The van der Waals surface area contributed by atoms with Gasteiger partial charge in [0.1, 0.15) is 0 Å². The molecule has 2 rings (SSSR count).